The number of aliphatic hydroxyl groups excluding tert-OH is 2. The second-order valence-electron chi connectivity index (χ2n) is 10.2. The largest absolute Gasteiger partial charge is 0.419 e. The lowest BCUT2D eigenvalue weighted by Crippen LogP contribution is -2.50. The number of nitrogens with zero attached hydrogens (tertiary/aromatic N) is 1. The molecule has 0 bridgehead atoms. The molecule has 1 aliphatic carbocycles. The third-order valence-corrected chi connectivity index (χ3v) is 6.05. The van der Waals surface area contributed by atoms with E-state index in [1.807, 2.05) is 20.8 Å². The van der Waals surface area contributed by atoms with Crippen LogP contribution in [0, 0.1) is 23.6 Å². The molecule has 32 heavy (non-hydrogen) atoms. The highest BCUT2D eigenvalue weighted by atomic mass is 19.4. The van der Waals surface area contributed by atoms with Crippen molar-refractivity contribution < 1.29 is 37.3 Å². The number of carbonyl (C=O) groups excluding carboxylic acids is 1. The molecule has 3 rings (SSSR count). The summed E-state index contributed by atoms with van der Waals surface area (Å²) in [5, 5.41) is 23.5. The third-order valence-electron chi connectivity index (χ3n) is 6.05. The smallest absolute Gasteiger partial charge is 0.386 e. The molecule has 1 saturated heterocycles. The Morgan fingerprint density at radius 3 is 2.19 bits per heavy atom. The lowest BCUT2D eigenvalue weighted by atomic mass is 9.89. The van der Waals surface area contributed by atoms with Crippen LogP contribution in [-0.2, 0) is 15.7 Å². The van der Waals surface area contributed by atoms with Crippen molar-refractivity contribution in [1.82, 2.24) is 10.2 Å². The summed E-state index contributed by atoms with van der Waals surface area (Å²) in [6.07, 6.45) is -7.66. The summed E-state index contributed by atoms with van der Waals surface area (Å²) in [5.41, 5.74) is -3.94. The number of alkyl halides is 3. The Labute approximate surface area is 184 Å². The van der Waals surface area contributed by atoms with Gasteiger partial charge in [0.1, 0.15) is 11.9 Å². The molecule has 1 aliphatic heterocycles. The Bertz CT molecular complexity index is 856. The molecule has 0 radical (unpaired) electrons. The molecule has 2 fully saturated rings. The van der Waals surface area contributed by atoms with Gasteiger partial charge in [0, 0.05) is 24.6 Å². The zero-order chi connectivity index (χ0) is 24.2. The van der Waals surface area contributed by atoms with Crippen molar-refractivity contribution in [3.63, 3.8) is 0 Å². The number of hydrogen-bond acceptors (Lipinski definition) is 5. The number of nitrogens with one attached hydrogen (secondary N) is 1. The van der Waals surface area contributed by atoms with Gasteiger partial charge in [0.25, 0.3) is 0 Å². The topological polar surface area (TPSA) is 82.0 Å². The molecule has 0 spiro atoms. The van der Waals surface area contributed by atoms with Gasteiger partial charge in [-0.2, -0.15) is 13.2 Å². The molecule has 0 aromatic heterocycles. The first kappa shape index (κ1) is 24.9. The number of hydrogen-bond donors (Lipinski definition) is 3. The molecule has 3 unspecified atom stereocenters. The highest BCUT2D eigenvalue weighted by Gasteiger charge is 2.61. The number of benzene rings is 1. The molecule has 1 amide bonds. The molecule has 1 aromatic carbocycles. The number of amides is 1. The van der Waals surface area contributed by atoms with E-state index in [0.717, 1.165) is 12.1 Å². The molecule has 5 atom stereocenters. The van der Waals surface area contributed by atoms with Gasteiger partial charge < -0.3 is 20.3 Å². The number of carbonyl (C=O) groups is 1. The quantitative estimate of drug-likeness (QED) is 0.447. The maximum Gasteiger partial charge on any atom is 0.419 e. The number of fused-ring (bicyclic) bond motifs is 1. The molecule has 2 aliphatic rings. The van der Waals surface area contributed by atoms with Crippen LogP contribution in [0.15, 0.2) is 18.2 Å². The van der Waals surface area contributed by atoms with Gasteiger partial charge >= 0.3 is 6.18 Å². The van der Waals surface area contributed by atoms with Crippen LogP contribution in [0.25, 0.3) is 0 Å². The van der Waals surface area contributed by atoms with Gasteiger partial charge in [0.2, 0.25) is 12.3 Å². The van der Waals surface area contributed by atoms with E-state index in [1.54, 1.807) is 4.90 Å². The average molecular weight is 462 g/mol. The van der Waals surface area contributed by atoms with Crippen LogP contribution in [0.5, 0.6) is 0 Å². The molecule has 6 nitrogen and oxygen atoms in total. The number of likely N-dealkylation sites (tertiary alicyclic amines) is 1. The summed E-state index contributed by atoms with van der Waals surface area (Å²) in [7, 11) is 0. The highest BCUT2D eigenvalue weighted by Crippen LogP contribution is 2.52. The van der Waals surface area contributed by atoms with Crippen molar-refractivity contribution in [3.05, 3.63) is 35.1 Å². The first-order valence-corrected chi connectivity index (χ1v) is 10.5. The summed E-state index contributed by atoms with van der Waals surface area (Å²) in [5.74, 6) is -2.24. The van der Waals surface area contributed by atoms with Crippen molar-refractivity contribution in [2.75, 3.05) is 13.1 Å². The molecule has 180 valence electrons. The second-order valence-corrected chi connectivity index (χ2v) is 10.2. The lowest BCUT2D eigenvalue weighted by molar-refractivity contribution is -0.236. The number of rotatable bonds is 6. The number of halogens is 4. The first-order valence-electron chi connectivity index (χ1n) is 10.5. The van der Waals surface area contributed by atoms with E-state index in [0.29, 0.717) is 19.2 Å². The van der Waals surface area contributed by atoms with Crippen LogP contribution >= 0.6 is 0 Å². The minimum absolute atomic E-state index is 0.00598. The monoisotopic (exact) mass is 462 g/mol. The van der Waals surface area contributed by atoms with Crippen molar-refractivity contribution in [2.24, 2.45) is 17.8 Å². The van der Waals surface area contributed by atoms with Crippen molar-refractivity contribution in [1.29, 1.82) is 0 Å². The summed E-state index contributed by atoms with van der Waals surface area (Å²) >= 11 is 0. The fourth-order valence-electron chi connectivity index (χ4n) is 4.36. The van der Waals surface area contributed by atoms with Crippen LogP contribution < -0.4 is 5.32 Å². The highest BCUT2D eigenvalue weighted by molar-refractivity contribution is 5.83. The minimum atomic E-state index is -4.90. The predicted octanol–water partition coefficient (Wildman–Crippen LogP) is 3.04. The molecule has 1 saturated carbocycles. The van der Waals surface area contributed by atoms with E-state index in [-0.39, 0.29) is 23.7 Å². The number of piperidine rings is 1. The molecular weight excluding hydrogens is 432 g/mol. The predicted molar refractivity (Wildman–Crippen MR) is 107 cm³/mol. The Morgan fingerprint density at radius 1 is 1.12 bits per heavy atom. The maximum absolute atomic E-state index is 14.4. The summed E-state index contributed by atoms with van der Waals surface area (Å²) in [4.78, 5) is 14.5. The van der Waals surface area contributed by atoms with E-state index in [1.165, 1.54) is 13.8 Å². The van der Waals surface area contributed by atoms with Gasteiger partial charge in [-0.05, 0) is 52.5 Å². The summed E-state index contributed by atoms with van der Waals surface area (Å²) in [6.45, 7) is 9.26. The van der Waals surface area contributed by atoms with E-state index in [9.17, 15) is 32.6 Å². The van der Waals surface area contributed by atoms with E-state index in [4.69, 9.17) is 4.74 Å². The fourth-order valence-corrected chi connectivity index (χ4v) is 4.36. The Balaban J connectivity index is 1.62. The summed E-state index contributed by atoms with van der Waals surface area (Å²) in [6, 6.07) is 2.70. The Morgan fingerprint density at radius 2 is 1.69 bits per heavy atom. The average Bonchev–Trinajstić information content (AvgIpc) is 3.13. The van der Waals surface area contributed by atoms with Crippen LogP contribution in [0.2, 0.25) is 0 Å². The third kappa shape index (κ3) is 5.08. The second kappa shape index (κ2) is 8.23. The Hall–Kier alpha value is -1.75. The van der Waals surface area contributed by atoms with Crippen molar-refractivity contribution in [3.8, 4) is 0 Å². The van der Waals surface area contributed by atoms with Gasteiger partial charge in [-0.1, -0.05) is 12.1 Å². The zero-order valence-electron chi connectivity index (χ0n) is 18.7. The lowest BCUT2D eigenvalue weighted by Gasteiger charge is -2.33. The standard InChI is InChI=1S/C22H30F4N2O4/c1-20(2,3)32-19(31)28-9-12-13(10-28)15(12)18(30)27-21(4,5)17(29)11-7-6-8-14(16(11)23)22(24,25)26/h6-8,12-13,15,17,19,29,31H,9-10H2,1-5H3,(H,27,30)/t12-,13+,15?,17?,19?. The number of aliphatic hydroxyl groups is 2. The van der Waals surface area contributed by atoms with Crippen LogP contribution in [0.1, 0.15) is 51.8 Å². The molecule has 3 N–H and O–H groups in total. The Kier molecular flexibility index (Phi) is 6.40. The van der Waals surface area contributed by atoms with Gasteiger partial charge in [-0.3, -0.25) is 9.69 Å². The SMILES string of the molecule is CC(C)(C)OC(O)N1C[C@@H]2C(C(=O)NC(C)(C)C(O)c3cccc(C(F)(F)F)c3F)[C@@H]2C1. The maximum atomic E-state index is 14.4. The van der Waals surface area contributed by atoms with Gasteiger partial charge in [-0.15, -0.1) is 0 Å². The van der Waals surface area contributed by atoms with Crippen LogP contribution in [-0.4, -0.2) is 51.7 Å². The van der Waals surface area contributed by atoms with Crippen molar-refractivity contribution >= 4 is 5.91 Å². The molecule has 1 aromatic rings. The molecule has 10 heteroatoms. The first-order chi connectivity index (χ1) is 14.5. The molecule has 1 heterocycles. The van der Waals surface area contributed by atoms with E-state index >= 15 is 0 Å². The van der Waals surface area contributed by atoms with Crippen molar-refractivity contribution in [2.45, 2.75) is 64.5 Å². The van der Waals surface area contributed by atoms with Gasteiger partial charge in [-0.25, -0.2) is 4.39 Å². The van der Waals surface area contributed by atoms with E-state index < -0.39 is 46.8 Å². The van der Waals surface area contributed by atoms with Crippen LogP contribution in [0.4, 0.5) is 17.6 Å². The zero-order valence-corrected chi connectivity index (χ0v) is 18.7. The minimum Gasteiger partial charge on any atom is -0.386 e. The van der Waals surface area contributed by atoms with Gasteiger partial charge in [0.15, 0.2) is 0 Å². The number of ether oxygens (including phenoxy) is 1. The normalized spacial score (nSPS) is 25.9. The van der Waals surface area contributed by atoms with Crippen LogP contribution in [0.3, 0.4) is 0 Å². The summed E-state index contributed by atoms with van der Waals surface area (Å²) < 4.78 is 59.0. The van der Waals surface area contributed by atoms with E-state index in [2.05, 4.69) is 5.32 Å². The fraction of sp³-hybridized carbons (Fsp3) is 0.682. The molecular formula is C22H30F4N2O4. The van der Waals surface area contributed by atoms with Gasteiger partial charge in [0.05, 0.1) is 16.7 Å².